The summed E-state index contributed by atoms with van der Waals surface area (Å²) >= 11 is 0. The second kappa shape index (κ2) is 6.12. The van der Waals surface area contributed by atoms with Gasteiger partial charge in [-0.2, -0.15) is 4.98 Å². The second-order valence-electron chi connectivity index (χ2n) is 4.04. The van der Waals surface area contributed by atoms with E-state index in [9.17, 15) is 18.9 Å². The molecule has 8 heteroatoms. The number of nitro groups is 1. The molecule has 0 amide bonds. The van der Waals surface area contributed by atoms with Crippen LogP contribution in [0.5, 0.6) is 11.6 Å². The summed E-state index contributed by atoms with van der Waals surface area (Å²) in [5.41, 5.74) is -0.243. The summed E-state index contributed by atoms with van der Waals surface area (Å²) in [5, 5.41) is 13.7. The lowest BCUT2D eigenvalue weighted by Crippen LogP contribution is -2.02. The topological polar surface area (TPSA) is 77.3 Å². The molecule has 1 heterocycles. The molecule has 0 bridgehead atoms. The zero-order valence-corrected chi connectivity index (χ0v) is 11.0. The van der Waals surface area contributed by atoms with E-state index in [2.05, 4.69) is 10.3 Å². The summed E-state index contributed by atoms with van der Waals surface area (Å²) in [5.74, 6) is -1.67. The standard InChI is InChI=1S/C13H11F2N3O3/c1-2-16-12-6-10(18(19)20)7-13(17-12)21-11-4-8(14)3-9(15)5-11/h3-7H,2H2,1H3,(H,16,17). The Morgan fingerprint density at radius 1 is 1.24 bits per heavy atom. The first-order chi connectivity index (χ1) is 9.97. The Hall–Kier alpha value is -2.77. The van der Waals surface area contributed by atoms with Gasteiger partial charge in [0.25, 0.3) is 5.69 Å². The molecule has 1 aromatic carbocycles. The van der Waals surface area contributed by atoms with Crippen molar-refractivity contribution >= 4 is 11.5 Å². The monoisotopic (exact) mass is 295 g/mol. The Balaban J connectivity index is 2.35. The van der Waals surface area contributed by atoms with Gasteiger partial charge >= 0.3 is 0 Å². The maximum Gasteiger partial charge on any atom is 0.278 e. The first-order valence-corrected chi connectivity index (χ1v) is 6.02. The molecule has 1 N–H and O–H groups in total. The number of halogens is 2. The highest BCUT2D eigenvalue weighted by Gasteiger charge is 2.13. The molecule has 0 atom stereocenters. The molecular formula is C13H11F2N3O3. The fourth-order valence-corrected chi connectivity index (χ4v) is 1.63. The van der Waals surface area contributed by atoms with Crippen molar-refractivity contribution in [2.24, 2.45) is 0 Å². The minimum atomic E-state index is -0.817. The Bertz CT molecular complexity index is 659. The zero-order valence-electron chi connectivity index (χ0n) is 11.0. The van der Waals surface area contributed by atoms with Gasteiger partial charge in [0.2, 0.25) is 5.88 Å². The number of rotatable bonds is 5. The first-order valence-electron chi connectivity index (χ1n) is 6.02. The van der Waals surface area contributed by atoms with Crippen molar-refractivity contribution in [2.75, 3.05) is 11.9 Å². The molecule has 1 aromatic heterocycles. The number of benzene rings is 1. The van der Waals surface area contributed by atoms with E-state index >= 15 is 0 Å². The quantitative estimate of drug-likeness (QED) is 0.675. The lowest BCUT2D eigenvalue weighted by molar-refractivity contribution is -0.384. The van der Waals surface area contributed by atoms with Gasteiger partial charge in [0.05, 0.1) is 17.1 Å². The van der Waals surface area contributed by atoms with Gasteiger partial charge in [-0.3, -0.25) is 10.1 Å². The number of pyridine rings is 1. The number of hydrogen-bond donors (Lipinski definition) is 1. The van der Waals surface area contributed by atoms with Crippen LogP contribution in [0.2, 0.25) is 0 Å². The van der Waals surface area contributed by atoms with Crippen molar-refractivity contribution in [2.45, 2.75) is 6.92 Å². The van der Waals surface area contributed by atoms with Crippen LogP contribution < -0.4 is 10.1 Å². The highest BCUT2D eigenvalue weighted by atomic mass is 19.1. The Morgan fingerprint density at radius 2 is 1.90 bits per heavy atom. The molecule has 0 aliphatic carbocycles. The fourth-order valence-electron chi connectivity index (χ4n) is 1.63. The average Bonchev–Trinajstić information content (AvgIpc) is 2.37. The van der Waals surface area contributed by atoms with Crippen molar-refractivity contribution in [1.29, 1.82) is 0 Å². The molecule has 0 saturated carbocycles. The molecule has 0 spiro atoms. The number of hydrogen-bond acceptors (Lipinski definition) is 5. The highest BCUT2D eigenvalue weighted by molar-refractivity contribution is 5.49. The van der Waals surface area contributed by atoms with Crippen molar-refractivity contribution in [3.63, 3.8) is 0 Å². The van der Waals surface area contributed by atoms with Crippen LogP contribution >= 0.6 is 0 Å². The molecule has 110 valence electrons. The lowest BCUT2D eigenvalue weighted by atomic mass is 10.3. The van der Waals surface area contributed by atoms with Crippen molar-refractivity contribution in [3.05, 3.63) is 52.1 Å². The first kappa shape index (κ1) is 14.6. The predicted molar refractivity (Wildman–Crippen MR) is 71.5 cm³/mol. The average molecular weight is 295 g/mol. The molecule has 0 unspecified atom stereocenters. The highest BCUT2D eigenvalue weighted by Crippen LogP contribution is 2.27. The van der Waals surface area contributed by atoms with Gasteiger partial charge in [-0.1, -0.05) is 0 Å². The third-order valence-electron chi connectivity index (χ3n) is 2.41. The third kappa shape index (κ3) is 3.85. The number of aromatic nitrogens is 1. The number of ether oxygens (including phenoxy) is 1. The van der Waals surface area contributed by atoms with E-state index in [4.69, 9.17) is 4.74 Å². The molecule has 2 rings (SSSR count). The Labute approximate surface area is 118 Å². The fraction of sp³-hybridized carbons (Fsp3) is 0.154. The van der Waals surface area contributed by atoms with E-state index in [1.165, 1.54) is 6.07 Å². The molecule has 0 saturated heterocycles. The van der Waals surface area contributed by atoms with Gasteiger partial charge in [-0.15, -0.1) is 0 Å². The molecule has 6 nitrogen and oxygen atoms in total. The van der Waals surface area contributed by atoms with Gasteiger partial charge in [-0.25, -0.2) is 8.78 Å². The van der Waals surface area contributed by atoms with Crippen LogP contribution in [0, 0.1) is 21.7 Å². The largest absolute Gasteiger partial charge is 0.438 e. The van der Waals surface area contributed by atoms with Crippen LogP contribution in [0.1, 0.15) is 6.92 Å². The summed E-state index contributed by atoms with van der Waals surface area (Å²) in [6.07, 6.45) is 0. The number of anilines is 1. The Kier molecular flexibility index (Phi) is 4.27. The minimum Gasteiger partial charge on any atom is -0.438 e. The van der Waals surface area contributed by atoms with Crippen LogP contribution in [0.15, 0.2) is 30.3 Å². The molecule has 21 heavy (non-hydrogen) atoms. The van der Waals surface area contributed by atoms with Crippen molar-refractivity contribution < 1.29 is 18.4 Å². The second-order valence-corrected chi connectivity index (χ2v) is 4.04. The van der Waals surface area contributed by atoms with E-state index in [0.717, 1.165) is 18.2 Å². The van der Waals surface area contributed by atoms with Gasteiger partial charge in [-0.05, 0) is 6.92 Å². The van der Waals surface area contributed by atoms with Crippen molar-refractivity contribution in [1.82, 2.24) is 4.98 Å². The van der Waals surface area contributed by atoms with Crippen LogP contribution in [0.4, 0.5) is 20.3 Å². The van der Waals surface area contributed by atoms with Crippen LogP contribution in [-0.2, 0) is 0 Å². The van der Waals surface area contributed by atoms with Crippen LogP contribution in [0.25, 0.3) is 0 Å². The molecule has 0 radical (unpaired) electrons. The SMILES string of the molecule is CCNc1cc([N+](=O)[O-])cc(Oc2cc(F)cc(F)c2)n1. The smallest absolute Gasteiger partial charge is 0.278 e. The van der Waals surface area contributed by atoms with Gasteiger partial charge in [0.1, 0.15) is 23.2 Å². The van der Waals surface area contributed by atoms with E-state index in [0.29, 0.717) is 12.6 Å². The van der Waals surface area contributed by atoms with Crippen molar-refractivity contribution in [3.8, 4) is 11.6 Å². The summed E-state index contributed by atoms with van der Waals surface area (Å²) in [4.78, 5) is 14.2. The van der Waals surface area contributed by atoms with E-state index in [1.54, 1.807) is 6.92 Å². The van der Waals surface area contributed by atoms with Crippen LogP contribution in [0.3, 0.4) is 0 Å². The molecule has 0 fully saturated rings. The number of nitrogens with zero attached hydrogens (tertiary/aromatic N) is 2. The number of nitrogens with one attached hydrogen (secondary N) is 1. The van der Waals surface area contributed by atoms with Gasteiger partial charge < -0.3 is 10.1 Å². The maximum absolute atomic E-state index is 13.1. The molecule has 2 aromatic rings. The normalized spacial score (nSPS) is 10.2. The Morgan fingerprint density at radius 3 is 2.48 bits per heavy atom. The van der Waals surface area contributed by atoms with E-state index in [1.807, 2.05) is 0 Å². The summed E-state index contributed by atoms with van der Waals surface area (Å²) in [6, 6.07) is 4.91. The van der Waals surface area contributed by atoms with Gasteiger partial charge in [0.15, 0.2) is 0 Å². The van der Waals surface area contributed by atoms with Crippen LogP contribution in [-0.4, -0.2) is 16.5 Å². The zero-order chi connectivity index (χ0) is 15.4. The van der Waals surface area contributed by atoms with E-state index in [-0.39, 0.29) is 23.1 Å². The summed E-state index contributed by atoms with van der Waals surface area (Å²) in [6.45, 7) is 2.30. The molecule has 0 aliphatic heterocycles. The lowest BCUT2D eigenvalue weighted by Gasteiger charge is -2.08. The molecule has 0 aliphatic rings. The predicted octanol–water partition coefficient (Wildman–Crippen LogP) is 3.49. The third-order valence-corrected chi connectivity index (χ3v) is 2.41. The maximum atomic E-state index is 13.1. The molecular weight excluding hydrogens is 284 g/mol. The summed E-state index contributed by atoms with van der Waals surface area (Å²) < 4.78 is 31.3. The summed E-state index contributed by atoms with van der Waals surface area (Å²) in [7, 11) is 0. The van der Waals surface area contributed by atoms with Gasteiger partial charge in [0, 0.05) is 24.7 Å². The van der Waals surface area contributed by atoms with E-state index < -0.39 is 16.6 Å². The minimum absolute atomic E-state index is 0.134.